The summed E-state index contributed by atoms with van der Waals surface area (Å²) in [5.74, 6) is 0. The number of alkyl halides is 1. The van der Waals surface area contributed by atoms with Gasteiger partial charge in [0, 0.05) is 11.9 Å². The van der Waals surface area contributed by atoms with Crippen molar-refractivity contribution in [3.8, 4) is 0 Å². The van der Waals surface area contributed by atoms with Gasteiger partial charge in [-0.25, -0.2) is 14.6 Å². The largest absolute Gasteiger partial charge is 0.247 e. The average Bonchev–Trinajstić information content (AvgIpc) is 2.78. The second-order valence-electron chi connectivity index (χ2n) is 3.37. The molecule has 0 aromatic carbocycles. The van der Waals surface area contributed by atoms with Crippen LogP contribution in [-0.2, 0) is 6.54 Å². The van der Waals surface area contributed by atoms with Crippen LogP contribution in [0.25, 0.3) is 11.0 Å². The predicted octanol–water partition coefficient (Wildman–Crippen LogP) is 3.06. The van der Waals surface area contributed by atoms with Crippen molar-refractivity contribution in [2.45, 2.75) is 23.1 Å². The lowest BCUT2D eigenvalue weighted by molar-refractivity contribution is 0.619. The van der Waals surface area contributed by atoms with Gasteiger partial charge in [0.25, 0.3) is 0 Å². The molecule has 0 aliphatic heterocycles. The minimum atomic E-state index is 0.808. The van der Waals surface area contributed by atoms with Gasteiger partial charge < -0.3 is 0 Å². The quantitative estimate of drug-likeness (QED) is 0.364. The molecule has 0 aliphatic rings. The van der Waals surface area contributed by atoms with Crippen LogP contribution in [0.4, 0.5) is 0 Å². The molecule has 0 aliphatic carbocycles. The highest BCUT2D eigenvalue weighted by Gasteiger charge is 2.11. The zero-order valence-electron chi connectivity index (χ0n) is 9.68. The van der Waals surface area contributed by atoms with Crippen LogP contribution in [-0.4, -0.2) is 37.6 Å². The Morgan fingerprint density at radius 1 is 1.29 bits per heavy atom. The standard InChI is InChI=1S/C10H13BrN4S2/c1-16-9-7-6-12-15(5-3-4-11)8(7)13-10(14-9)17-2/h6H,3-5H2,1-2H3. The first-order valence-corrected chi connectivity index (χ1v) is 8.74. The number of nitrogens with zero attached hydrogens (tertiary/aromatic N) is 4. The second kappa shape index (κ2) is 6.06. The van der Waals surface area contributed by atoms with E-state index < -0.39 is 0 Å². The molecule has 0 unspecified atom stereocenters. The lowest BCUT2D eigenvalue weighted by Gasteiger charge is -2.04. The van der Waals surface area contributed by atoms with E-state index in [-0.39, 0.29) is 0 Å². The molecule has 2 aromatic rings. The summed E-state index contributed by atoms with van der Waals surface area (Å²) in [5, 5.41) is 8.22. The number of aromatic nitrogens is 4. The molecule has 2 rings (SSSR count). The Bertz CT molecular complexity index is 514. The fraction of sp³-hybridized carbons (Fsp3) is 0.500. The van der Waals surface area contributed by atoms with Gasteiger partial charge in [-0.1, -0.05) is 27.7 Å². The highest BCUT2D eigenvalue weighted by Crippen LogP contribution is 2.25. The van der Waals surface area contributed by atoms with Gasteiger partial charge in [-0.2, -0.15) is 5.10 Å². The summed E-state index contributed by atoms with van der Waals surface area (Å²) in [6, 6.07) is 0. The second-order valence-corrected chi connectivity index (χ2v) is 5.73. The molecule has 0 radical (unpaired) electrons. The Hall–Kier alpha value is -0.270. The maximum absolute atomic E-state index is 4.54. The Morgan fingerprint density at radius 2 is 2.12 bits per heavy atom. The molecule has 0 saturated heterocycles. The van der Waals surface area contributed by atoms with Crippen LogP contribution in [0.3, 0.4) is 0 Å². The van der Waals surface area contributed by atoms with Crippen molar-refractivity contribution in [3.05, 3.63) is 6.20 Å². The van der Waals surface area contributed by atoms with Gasteiger partial charge >= 0.3 is 0 Å². The third kappa shape index (κ3) is 2.77. The van der Waals surface area contributed by atoms with E-state index in [2.05, 4.69) is 31.0 Å². The van der Waals surface area contributed by atoms with Gasteiger partial charge in [0.2, 0.25) is 0 Å². The van der Waals surface area contributed by atoms with Gasteiger partial charge in [-0.05, 0) is 18.9 Å². The fourth-order valence-electron chi connectivity index (χ4n) is 1.53. The summed E-state index contributed by atoms with van der Waals surface area (Å²) in [7, 11) is 0. The van der Waals surface area contributed by atoms with Crippen molar-refractivity contribution in [1.82, 2.24) is 19.7 Å². The molecule has 17 heavy (non-hydrogen) atoms. The molecule has 4 nitrogen and oxygen atoms in total. The van der Waals surface area contributed by atoms with Crippen molar-refractivity contribution >= 4 is 50.5 Å². The van der Waals surface area contributed by atoms with Crippen LogP contribution >= 0.6 is 39.5 Å². The number of thioether (sulfide) groups is 2. The molecule has 0 atom stereocenters. The van der Waals surface area contributed by atoms with Crippen molar-refractivity contribution in [2.24, 2.45) is 0 Å². The molecule has 92 valence electrons. The summed E-state index contributed by atoms with van der Waals surface area (Å²) >= 11 is 6.63. The lowest BCUT2D eigenvalue weighted by Crippen LogP contribution is -2.02. The normalized spacial score (nSPS) is 11.2. The molecule has 0 bridgehead atoms. The Labute approximate surface area is 117 Å². The Kier molecular flexibility index (Phi) is 4.69. The summed E-state index contributed by atoms with van der Waals surface area (Å²) in [5.41, 5.74) is 0.939. The van der Waals surface area contributed by atoms with Crippen LogP contribution in [0.1, 0.15) is 6.42 Å². The topological polar surface area (TPSA) is 43.6 Å². The number of halogens is 1. The molecule has 0 saturated carbocycles. The van der Waals surface area contributed by atoms with Gasteiger partial charge in [0.15, 0.2) is 10.8 Å². The first-order valence-electron chi connectivity index (χ1n) is 5.17. The van der Waals surface area contributed by atoms with E-state index in [0.717, 1.165) is 39.5 Å². The molecule has 0 amide bonds. The van der Waals surface area contributed by atoms with Gasteiger partial charge in [-0.15, -0.1) is 11.8 Å². The molecule has 0 spiro atoms. The lowest BCUT2D eigenvalue weighted by atomic mass is 10.4. The maximum Gasteiger partial charge on any atom is 0.190 e. The van der Waals surface area contributed by atoms with E-state index in [1.54, 1.807) is 23.5 Å². The van der Waals surface area contributed by atoms with Crippen LogP contribution in [0.5, 0.6) is 0 Å². The number of fused-ring (bicyclic) bond motifs is 1. The zero-order chi connectivity index (χ0) is 12.3. The molecule has 2 aromatic heterocycles. The number of hydrogen-bond donors (Lipinski definition) is 0. The first-order chi connectivity index (χ1) is 8.30. The first kappa shape index (κ1) is 13.2. The average molecular weight is 333 g/mol. The third-order valence-corrected chi connectivity index (χ3v) is 4.13. The molecule has 2 heterocycles. The SMILES string of the molecule is CSc1nc(SC)c2cnn(CCCBr)c2n1. The highest BCUT2D eigenvalue weighted by atomic mass is 79.9. The van der Waals surface area contributed by atoms with Crippen LogP contribution in [0.2, 0.25) is 0 Å². The molecular formula is C10H13BrN4S2. The molecule has 0 fully saturated rings. The minimum absolute atomic E-state index is 0.808. The third-order valence-electron chi connectivity index (χ3n) is 2.32. The van der Waals surface area contributed by atoms with Crippen LogP contribution < -0.4 is 0 Å². The van der Waals surface area contributed by atoms with Gasteiger partial charge in [0.1, 0.15) is 5.03 Å². The van der Waals surface area contributed by atoms with Gasteiger partial charge in [0.05, 0.1) is 11.6 Å². The van der Waals surface area contributed by atoms with E-state index in [0.29, 0.717) is 0 Å². The van der Waals surface area contributed by atoms with E-state index >= 15 is 0 Å². The van der Waals surface area contributed by atoms with E-state index in [4.69, 9.17) is 0 Å². The van der Waals surface area contributed by atoms with Gasteiger partial charge in [-0.3, -0.25) is 0 Å². The number of aryl methyl sites for hydroxylation is 1. The fourth-order valence-corrected chi connectivity index (χ4v) is 2.74. The number of rotatable bonds is 5. The summed E-state index contributed by atoms with van der Waals surface area (Å²) in [6.45, 7) is 0.882. The number of hydrogen-bond acceptors (Lipinski definition) is 5. The molecule has 0 N–H and O–H groups in total. The zero-order valence-corrected chi connectivity index (χ0v) is 12.9. The molecule has 7 heteroatoms. The van der Waals surface area contributed by atoms with Crippen molar-refractivity contribution in [1.29, 1.82) is 0 Å². The van der Waals surface area contributed by atoms with E-state index in [1.807, 2.05) is 23.4 Å². The Balaban J connectivity index is 2.50. The maximum atomic E-state index is 4.54. The summed E-state index contributed by atoms with van der Waals surface area (Å²) in [6.07, 6.45) is 6.93. The van der Waals surface area contributed by atoms with Crippen LogP contribution in [0, 0.1) is 0 Å². The molecular weight excluding hydrogens is 320 g/mol. The minimum Gasteiger partial charge on any atom is -0.247 e. The summed E-state index contributed by atoms with van der Waals surface area (Å²) < 4.78 is 1.96. The monoisotopic (exact) mass is 332 g/mol. The van der Waals surface area contributed by atoms with Crippen molar-refractivity contribution in [2.75, 3.05) is 17.8 Å². The van der Waals surface area contributed by atoms with Crippen molar-refractivity contribution < 1.29 is 0 Å². The smallest absolute Gasteiger partial charge is 0.190 e. The highest BCUT2D eigenvalue weighted by molar-refractivity contribution is 9.09. The van der Waals surface area contributed by atoms with E-state index in [1.165, 1.54) is 0 Å². The van der Waals surface area contributed by atoms with Crippen LogP contribution in [0.15, 0.2) is 16.4 Å². The summed E-state index contributed by atoms with van der Waals surface area (Å²) in [4.78, 5) is 9.02. The van der Waals surface area contributed by atoms with Crippen molar-refractivity contribution in [3.63, 3.8) is 0 Å². The van der Waals surface area contributed by atoms with E-state index in [9.17, 15) is 0 Å². The predicted molar refractivity (Wildman–Crippen MR) is 77.3 cm³/mol. The Morgan fingerprint density at radius 3 is 2.76 bits per heavy atom.